The lowest BCUT2D eigenvalue weighted by molar-refractivity contribution is -0.126. The summed E-state index contributed by atoms with van der Waals surface area (Å²) in [4.78, 5) is 24.8. The number of anilines is 1. The van der Waals surface area contributed by atoms with Gasteiger partial charge in [-0.2, -0.15) is 22.7 Å². The molecule has 49 heavy (non-hydrogen) atoms. The summed E-state index contributed by atoms with van der Waals surface area (Å²) in [5, 5.41) is 24.2. The number of piperazine rings is 1. The molecule has 0 saturated carbocycles. The lowest BCUT2D eigenvalue weighted by Crippen LogP contribution is -2.48. The van der Waals surface area contributed by atoms with E-state index in [2.05, 4.69) is 50.2 Å². The molecule has 2 fully saturated rings. The molecule has 0 amide bonds. The molecule has 0 bridgehead atoms. The number of benzene rings is 1. The van der Waals surface area contributed by atoms with Gasteiger partial charge in [-0.25, -0.2) is 23.2 Å². The number of alkyl halides is 3. The zero-order chi connectivity index (χ0) is 35.1. The minimum absolute atomic E-state index is 0.0490. The molecule has 2 saturated heterocycles. The third-order valence-electron chi connectivity index (χ3n) is 9.48. The van der Waals surface area contributed by atoms with Crippen LogP contribution in [-0.4, -0.2) is 112 Å². The zero-order valence-corrected chi connectivity index (χ0v) is 28.8. The van der Waals surface area contributed by atoms with E-state index in [4.69, 9.17) is 0 Å². The molecule has 2 N–H and O–H groups in total. The minimum Gasteiger partial charge on any atom is -0.478 e. The quantitative estimate of drug-likeness (QED) is 0.244. The number of halogens is 3. The highest BCUT2D eigenvalue weighted by atomic mass is 32.2. The van der Waals surface area contributed by atoms with Gasteiger partial charge in [-0.3, -0.25) is 9.80 Å². The van der Waals surface area contributed by atoms with Gasteiger partial charge in [-0.15, -0.1) is 11.3 Å². The van der Waals surface area contributed by atoms with Gasteiger partial charge in [0.05, 0.1) is 23.6 Å². The summed E-state index contributed by atoms with van der Waals surface area (Å²) in [6.07, 6.45) is -1.97. The molecule has 1 aromatic carbocycles. The monoisotopic (exact) mass is 718 g/mol. The van der Waals surface area contributed by atoms with Crippen molar-refractivity contribution in [2.75, 3.05) is 57.4 Å². The molecule has 4 aromatic rings. The normalized spacial score (nSPS) is 17.6. The Morgan fingerprint density at radius 1 is 1.10 bits per heavy atom. The predicted molar refractivity (Wildman–Crippen MR) is 180 cm³/mol. The predicted octanol–water partition coefficient (Wildman–Crippen LogP) is 4.28. The number of likely N-dealkylation sites (tertiary alicyclic amines) is 1. The van der Waals surface area contributed by atoms with Crippen LogP contribution in [0.15, 0.2) is 24.5 Å². The van der Waals surface area contributed by atoms with Gasteiger partial charge in [0.25, 0.3) is 0 Å². The molecule has 12 nitrogen and oxygen atoms in total. The fraction of sp³-hybridized carbons (Fsp3) is 0.500. The maximum atomic E-state index is 13.2. The van der Waals surface area contributed by atoms with Crippen LogP contribution >= 0.6 is 11.3 Å². The number of sulfonamides is 1. The number of carboxylic acids is 1. The Hall–Kier alpha value is -3.82. The number of thiophene rings is 1. The van der Waals surface area contributed by atoms with Crippen molar-refractivity contribution >= 4 is 54.3 Å². The number of nitriles is 1. The highest BCUT2D eigenvalue weighted by molar-refractivity contribution is 7.88. The molecule has 0 spiro atoms. The number of rotatable bonds is 10. The number of hydrogen-bond donors (Lipinski definition) is 2. The van der Waals surface area contributed by atoms with Crippen molar-refractivity contribution in [1.82, 2.24) is 28.6 Å². The van der Waals surface area contributed by atoms with E-state index in [9.17, 15) is 36.8 Å². The van der Waals surface area contributed by atoms with Crippen LogP contribution in [0, 0.1) is 18.3 Å². The summed E-state index contributed by atoms with van der Waals surface area (Å²) in [5.41, 5.74) is 3.42. The molecule has 0 atom stereocenters. The number of aromatic nitrogens is 3. The summed E-state index contributed by atoms with van der Waals surface area (Å²) in [5.74, 6) is -1.20. The fourth-order valence-corrected chi connectivity index (χ4v) is 8.83. The number of carbonyl (C=O) groups is 1. The molecule has 0 aliphatic carbocycles. The lowest BCUT2D eigenvalue weighted by atomic mass is 10.0. The first kappa shape index (κ1) is 35.0. The van der Waals surface area contributed by atoms with E-state index < -0.39 is 34.2 Å². The summed E-state index contributed by atoms with van der Waals surface area (Å²) >= 11 is 0.731. The van der Waals surface area contributed by atoms with Crippen molar-refractivity contribution in [2.24, 2.45) is 0 Å². The maximum absolute atomic E-state index is 13.2. The fourth-order valence-electron chi connectivity index (χ4n) is 6.84. The van der Waals surface area contributed by atoms with Gasteiger partial charge in [0.2, 0.25) is 10.0 Å². The van der Waals surface area contributed by atoms with E-state index in [1.165, 1.54) is 16.9 Å². The zero-order valence-electron chi connectivity index (χ0n) is 27.1. The number of nitrogens with one attached hydrogen (secondary N) is 1. The molecular formula is C32H37F3N8O4S2. The molecule has 2 aliphatic heterocycles. The van der Waals surface area contributed by atoms with E-state index in [1.807, 2.05) is 10.6 Å². The molecule has 17 heteroatoms. The van der Waals surface area contributed by atoms with Gasteiger partial charge < -0.3 is 15.0 Å². The van der Waals surface area contributed by atoms with Crippen LogP contribution in [0.2, 0.25) is 0 Å². The molecule has 5 heterocycles. The van der Waals surface area contributed by atoms with Crippen molar-refractivity contribution in [3.8, 4) is 6.07 Å². The average molecular weight is 719 g/mol. The third kappa shape index (κ3) is 7.68. The van der Waals surface area contributed by atoms with Gasteiger partial charge >= 0.3 is 12.1 Å². The first-order chi connectivity index (χ1) is 23.2. The second-order valence-electron chi connectivity index (χ2n) is 12.7. The van der Waals surface area contributed by atoms with Crippen LogP contribution in [0.25, 0.3) is 21.1 Å². The number of carboxylic acid groups (broad SMARTS) is 1. The Balaban J connectivity index is 1.10. The summed E-state index contributed by atoms with van der Waals surface area (Å²) < 4.78 is 66.8. The van der Waals surface area contributed by atoms with Crippen LogP contribution in [0.3, 0.4) is 0 Å². The van der Waals surface area contributed by atoms with Gasteiger partial charge in [-0.05, 0) is 43.0 Å². The first-order valence-electron chi connectivity index (χ1n) is 16.0. The van der Waals surface area contributed by atoms with Gasteiger partial charge in [0.15, 0.2) is 0 Å². The van der Waals surface area contributed by atoms with Crippen LogP contribution < -0.4 is 5.32 Å². The van der Waals surface area contributed by atoms with Gasteiger partial charge in [0, 0.05) is 80.7 Å². The number of hydrogen-bond acceptors (Lipinski definition) is 10. The second kappa shape index (κ2) is 13.8. The lowest BCUT2D eigenvalue weighted by Gasteiger charge is -2.33. The van der Waals surface area contributed by atoms with Crippen molar-refractivity contribution < 1.29 is 31.5 Å². The molecule has 0 radical (unpaired) electrons. The van der Waals surface area contributed by atoms with Gasteiger partial charge in [-0.1, -0.05) is 6.07 Å². The number of aryl methyl sites for hydroxylation is 1. The molecule has 6 rings (SSSR count). The Kier molecular flexibility index (Phi) is 9.88. The Labute approximate surface area is 285 Å². The van der Waals surface area contributed by atoms with Crippen LogP contribution in [0.1, 0.15) is 44.9 Å². The first-order valence-corrected chi connectivity index (χ1v) is 18.6. The van der Waals surface area contributed by atoms with Crippen molar-refractivity contribution in [3.05, 3.63) is 51.8 Å². The van der Waals surface area contributed by atoms with E-state index in [-0.39, 0.29) is 27.0 Å². The standard InChI is InChI=1S/C32H37F3N8O4S2/c1-20-21(3-4-25-24(20)15-23(17-36)43(25)14-11-40-9-12-42(13-10-40)49(2,46)47)18-41-7-5-22(6-8-41)39-29-28-27(31(44)45)26(16-32(33,34)35)48-30(28)38-19-37-29/h3-4,15,19,22H,5-14,16,18H2,1-2H3,(H,44,45)(H,37,38,39). The average Bonchev–Trinajstić information content (AvgIpc) is 3.59. The van der Waals surface area contributed by atoms with Crippen LogP contribution in [0.4, 0.5) is 19.0 Å². The van der Waals surface area contributed by atoms with Gasteiger partial charge in [0.1, 0.15) is 28.7 Å². The van der Waals surface area contributed by atoms with Crippen molar-refractivity contribution in [3.63, 3.8) is 0 Å². The number of aromatic carboxylic acids is 1. The van der Waals surface area contributed by atoms with E-state index >= 15 is 0 Å². The van der Waals surface area contributed by atoms with E-state index in [0.29, 0.717) is 51.5 Å². The van der Waals surface area contributed by atoms with Crippen molar-refractivity contribution in [2.45, 2.75) is 51.5 Å². The largest absolute Gasteiger partial charge is 0.478 e. The summed E-state index contributed by atoms with van der Waals surface area (Å²) in [6.45, 7) is 7.80. The highest BCUT2D eigenvalue weighted by Gasteiger charge is 2.34. The Morgan fingerprint density at radius 2 is 1.82 bits per heavy atom. The smallest absolute Gasteiger partial charge is 0.393 e. The molecule has 262 valence electrons. The van der Waals surface area contributed by atoms with E-state index in [0.717, 1.165) is 59.3 Å². The third-order valence-corrected chi connectivity index (χ3v) is 11.9. The molecular weight excluding hydrogens is 682 g/mol. The SMILES string of the molecule is Cc1c(CN2CCC(Nc3ncnc4sc(CC(F)(F)F)c(C(=O)O)c34)CC2)ccc2c1cc(C#N)n2CCN1CCN(S(C)(=O)=O)CC1. The number of nitrogens with zero attached hydrogens (tertiary/aromatic N) is 7. The topological polar surface area (TPSA) is 148 Å². The van der Waals surface area contributed by atoms with Crippen LogP contribution in [-0.2, 0) is 29.5 Å². The molecule has 3 aromatic heterocycles. The summed E-state index contributed by atoms with van der Waals surface area (Å²) in [7, 11) is -3.20. The molecule has 2 aliphatic rings. The number of piperidine rings is 1. The maximum Gasteiger partial charge on any atom is 0.393 e. The highest BCUT2D eigenvalue weighted by Crippen LogP contribution is 2.38. The summed E-state index contributed by atoms with van der Waals surface area (Å²) in [6, 6.07) is 8.38. The second-order valence-corrected chi connectivity index (χ2v) is 15.7. The van der Waals surface area contributed by atoms with E-state index in [1.54, 1.807) is 0 Å². The Bertz CT molecular complexity index is 2020. The van der Waals surface area contributed by atoms with Crippen molar-refractivity contribution in [1.29, 1.82) is 5.26 Å². The minimum atomic E-state index is -4.55. The number of fused-ring (bicyclic) bond motifs is 2. The Morgan fingerprint density at radius 3 is 2.45 bits per heavy atom. The molecule has 0 unspecified atom stereocenters. The van der Waals surface area contributed by atoms with Crippen LogP contribution in [0.5, 0.6) is 0 Å².